The van der Waals surface area contributed by atoms with E-state index in [2.05, 4.69) is 5.32 Å². The highest BCUT2D eigenvalue weighted by molar-refractivity contribution is 5.79. The van der Waals surface area contributed by atoms with Gasteiger partial charge in [0.2, 0.25) is 5.91 Å². The first-order valence-corrected chi connectivity index (χ1v) is 9.15. The fraction of sp³-hybridized carbons (Fsp3) is 0.526. The van der Waals surface area contributed by atoms with Gasteiger partial charge in [-0.1, -0.05) is 30.3 Å². The molecule has 3 amide bonds. The van der Waals surface area contributed by atoms with Crippen molar-refractivity contribution in [2.75, 3.05) is 26.2 Å². The molecular formula is C19H25N3O4. The van der Waals surface area contributed by atoms with Crippen molar-refractivity contribution < 1.29 is 19.5 Å². The summed E-state index contributed by atoms with van der Waals surface area (Å²) in [6, 6.07) is 9.01. The average Bonchev–Trinajstić information content (AvgIpc) is 3.06. The summed E-state index contributed by atoms with van der Waals surface area (Å²) in [7, 11) is 0. The van der Waals surface area contributed by atoms with Crippen molar-refractivity contribution in [3.63, 3.8) is 0 Å². The standard InChI is InChI=1S/C19H25N3O4/c23-17-9-5-10-21(17)13-16(14-6-2-1-3-7-14)20-19(26)22-11-4-8-15(12-22)18(24)25/h1-3,6-7,15-16H,4-5,8-13H2,(H,20,26)(H,24,25). The monoisotopic (exact) mass is 359 g/mol. The SMILES string of the molecule is O=C(O)C1CCCN(C(=O)NC(CN2CCCC2=O)c2ccccc2)C1. The molecule has 2 N–H and O–H groups in total. The number of carboxylic acid groups (broad SMARTS) is 1. The third-order valence-corrected chi connectivity index (χ3v) is 5.13. The maximum absolute atomic E-state index is 12.7. The van der Waals surface area contributed by atoms with Gasteiger partial charge in [0.1, 0.15) is 0 Å². The van der Waals surface area contributed by atoms with E-state index in [1.807, 2.05) is 30.3 Å². The van der Waals surface area contributed by atoms with E-state index in [4.69, 9.17) is 0 Å². The van der Waals surface area contributed by atoms with Crippen molar-refractivity contribution in [2.45, 2.75) is 31.7 Å². The number of carboxylic acids is 1. The van der Waals surface area contributed by atoms with Crippen LogP contribution in [-0.2, 0) is 9.59 Å². The molecule has 0 spiro atoms. The first kappa shape index (κ1) is 18.2. The molecule has 1 aromatic rings. The van der Waals surface area contributed by atoms with Crippen LogP contribution in [0, 0.1) is 5.92 Å². The second-order valence-electron chi connectivity index (χ2n) is 6.98. The van der Waals surface area contributed by atoms with Crippen molar-refractivity contribution >= 4 is 17.9 Å². The van der Waals surface area contributed by atoms with Gasteiger partial charge in [0.25, 0.3) is 0 Å². The highest BCUT2D eigenvalue weighted by Crippen LogP contribution is 2.21. The summed E-state index contributed by atoms with van der Waals surface area (Å²) < 4.78 is 0. The number of amides is 3. The zero-order valence-electron chi connectivity index (χ0n) is 14.8. The molecule has 2 aliphatic heterocycles. The molecule has 2 atom stereocenters. The second kappa shape index (κ2) is 8.21. The van der Waals surface area contributed by atoms with E-state index < -0.39 is 11.9 Å². The number of piperidine rings is 1. The number of carbonyl (C=O) groups excluding carboxylic acids is 2. The molecular weight excluding hydrogens is 334 g/mol. The number of nitrogens with one attached hydrogen (secondary N) is 1. The predicted octanol–water partition coefficient (Wildman–Crippen LogP) is 1.86. The van der Waals surface area contributed by atoms with Crippen molar-refractivity contribution in [1.29, 1.82) is 0 Å². The smallest absolute Gasteiger partial charge is 0.317 e. The summed E-state index contributed by atoms with van der Waals surface area (Å²) in [5, 5.41) is 12.2. The van der Waals surface area contributed by atoms with E-state index in [9.17, 15) is 19.5 Å². The lowest BCUT2D eigenvalue weighted by Crippen LogP contribution is -2.49. The highest BCUT2D eigenvalue weighted by atomic mass is 16.4. The fourth-order valence-electron chi connectivity index (χ4n) is 3.64. The number of aliphatic carboxylic acids is 1. The van der Waals surface area contributed by atoms with Crippen molar-refractivity contribution in [3.8, 4) is 0 Å². The van der Waals surface area contributed by atoms with E-state index in [1.54, 1.807) is 9.80 Å². The lowest BCUT2D eigenvalue weighted by atomic mass is 9.98. The molecule has 26 heavy (non-hydrogen) atoms. The highest BCUT2D eigenvalue weighted by Gasteiger charge is 2.30. The first-order chi connectivity index (χ1) is 12.5. The average molecular weight is 359 g/mol. The topological polar surface area (TPSA) is 89.9 Å². The number of hydrogen-bond acceptors (Lipinski definition) is 3. The minimum absolute atomic E-state index is 0.115. The maximum Gasteiger partial charge on any atom is 0.317 e. The van der Waals surface area contributed by atoms with Crippen molar-refractivity contribution in [1.82, 2.24) is 15.1 Å². The van der Waals surface area contributed by atoms with Gasteiger partial charge in [-0.3, -0.25) is 9.59 Å². The van der Waals surface area contributed by atoms with Gasteiger partial charge in [0.05, 0.1) is 12.0 Å². The Morgan fingerprint density at radius 3 is 2.62 bits per heavy atom. The molecule has 0 aromatic heterocycles. The third kappa shape index (κ3) is 4.33. The minimum atomic E-state index is -0.857. The summed E-state index contributed by atoms with van der Waals surface area (Å²) in [6.07, 6.45) is 2.69. The lowest BCUT2D eigenvalue weighted by Gasteiger charge is -2.33. The number of likely N-dealkylation sites (tertiary alicyclic amines) is 2. The maximum atomic E-state index is 12.7. The van der Waals surface area contributed by atoms with Crippen molar-refractivity contribution in [3.05, 3.63) is 35.9 Å². The molecule has 7 heteroatoms. The number of nitrogens with zero attached hydrogens (tertiary/aromatic N) is 2. The van der Waals surface area contributed by atoms with Crippen LogP contribution in [0.4, 0.5) is 4.79 Å². The van der Waals surface area contributed by atoms with Gasteiger partial charge in [0.15, 0.2) is 0 Å². The Labute approximate surface area is 153 Å². The van der Waals surface area contributed by atoms with Crippen LogP contribution in [0.25, 0.3) is 0 Å². The zero-order chi connectivity index (χ0) is 18.5. The van der Waals surface area contributed by atoms with Crippen LogP contribution >= 0.6 is 0 Å². The second-order valence-corrected chi connectivity index (χ2v) is 6.98. The largest absolute Gasteiger partial charge is 0.481 e. The van der Waals surface area contributed by atoms with Crippen LogP contribution in [0.3, 0.4) is 0 Å². The molecule has 2 aliphatic rings. The Bertz CT molecular complexity index is 664. The normalized spacial score (nSPS) is 21.5. The van der Waals surface area contributed by atoms with Gasteiger partial charge < -0.3 is 20.2 Å². The van der Waals surface area contributed by atoms with Crippen LogP contribution in [0.2, 0.25) is 0 Å². The van der Waals surface area contributed by atoms with Gasteiger partial charge in [-0.25, -0.2) is 4.79 Å². The fourth-order valence-corrected chi connectivity index (χ4v) is 3.64. The molecule has 0 bridgehead atoms. The van der Waals surface area contributed by atoms with Gasteiger partial charge in [-0.2, -0.15) is 0 Å². The van der Waals surface area contributed by atoms with Crippen LogP contribution in [-0.4, -0.2) is 59.0 Å². The molecule has 1 aromatic carbocycles. The van der Waals surface area contributed by atoms with E-state index >= 15 is 0 Å². The number of urea groups is 1. The van der Waals surface area contributed by atoms with E-state index in [0.717, 1.165) is 12.0 Å². The Balaban J connectivity index is 1.69. The number of hydrogen-bond donors (Lipinski definition) is 2. The zero-order valence-corrected chi connectivity index (χ0v) is 14.8. The van der Waals surface area contributed by atoms with Crippen LogP contribution in [0.15, 0.2) is 30.3 Å². The summed E-state index contributed by atoms with van der Waals surface area (Å²) in [5.41, 5.74) is 0.937. The number of rotatable bonds is 5. The summed E-state index contributed by atoms with van der Waals surface area (Å²) >= 11 is 0. The lowest BCUT2D eigenvalue weighted by molar-refractivity contribution is -0.143. The van der Waals surface area contributed by atoms with Gasteiger partial charge in [-0.15, -0.1) is 0 Å². The number of carbonyl (C=O) groups is 3. The predicted molar refractivity (Wildman–Crippen MR) is 95.5 cm³/mol. The molecule has 0 aliphatic carbocycles. The van der Waals surface area contributed by atoms with Crippen LogP contribution in [0.1, 0.15) is 37.3 Å². The third-order valence-electron chi connectivity index (χ3n) is 5.13. The Morgan fingerprint density at radius 1 is 1.19 bits per heavy atom. The Hall–Kier alpha value is -2.57. The molecule has 2 fully saturated rings. The van der Waals surface area contributed by atoms with E-state index in [0.29, 0.717) is 38.9 Å². The minimum Gasteiger partial charge on any atom is -0.481 e. The molecule has 7 nitrogen and oxygen atoms in total. The summed E-state index contributed by atoms with van der Waals surface area (Å²) in [5.74, 6) is -1.25. The van der Waals surface area contributed by atoms with Gasteiger partial charge >= 0.3 is 12.0 Å². The molecule has 2 unspecified atom stereocenters. The van der Waals surface area contributed by atoms with E-state index in [1.165, 1.54) is 0 Å². The molecule has 0 saturated carbocycles. The quantitative estimate of drug-likeness (QED) is 0.840. The molecule has 140 valence electrons. The van der Waals surface area contributed by atoms with E-state index in [-0.39, 0.29) is 24.5 Å². The van der Waals surface area contributed by atoms with Crippen molar-refractivity contribution in [2.24, 2.45) is 5.92 Å². The van der Waals surface area contributed by atoms with Crippen LogP contribution in [0.5, 0.6) is 0 Å². The number of benzene rings is 1. The molecule has 3 rings (SSSR count). The molecule has 2 heterocycles. The Kier molecular flexibility index (Phi) is 5.75. The van der Waals surface area contributed by atoms with Gasteiger partial charge in [-0.05, 0) is 24.8 Å². The summed E-state index contributed by atoms with van der Waals surface area (Å²) in [4.78, 5) is 39.3. The molecule has 0 radical (unpaired) electrons. The first-order valence-electron chi connectivity index (χ1n) is 9.15. The Morgan fingerprint density at radius 2 is 1.96 bits per heavy atom. The summed E-state index contributed by atoms with van der Waals surface area (Å²) in [6.45, 7) is 1.93. The van der Waals surface area contributed by atoms with Crippen LogP contribution < -0.4 is 5.32 Å². The molecule has 2 saturated heterocycles. The van der Waals surface area contributed by atoms with Gasteiger partial charge in [0, 0.05) is 32.6 Å².